The number of hydrogen-bond acceptors (Lipinski definition) is 3. The summed E-state index contributed by atoms with van der Waals surface area (Å²) in [5, 5.41) is 8.57. The van der Waals surface area contributed by atoms with E-state index in [-0.39, 0.29) is 6.42 Å². The average Bonchev–Trinajstić information content (AvgIpc) is 2.44. The van der Waals surface area contributed by atoms with Crippen LogP contribution in [0.15, 0.2) is 23.2 Å². The van der Waals surface area contributed by atoms with E-state index in [0.717, 1.165) is 0 Å². The van der Waals surface area contributed by atoms with Gasteiger partial charge in [-0.3, -0.25) is 4.79 Å². The second-order valence-electron chi connectivity index (χ2n) is 2.78. The number of carboxylic acids is 1. The number of hydrogen-bond donors (Lipinski definition) is 1. The van der Waals surface area contributed by atoms with Crippen LogP contribution in [0.25, 0.3) is 5.65 Å². The number of halogens is 1. The molecule has 72 valence electrons. The third-order valence-corrected chi connectivity index (χ3v) is 2.10. The van der Waals surface area contributed by atoms with E-state index in [1.807, 2.05) is 0 Å². The molecule has 0 amide bonds. The Balaban J connectivity index is 2.46. The highest BCUT2D eigenvalue weighted by Crippen LogP contribution is 2.09. The van der Waals surface area contributed by atoms with Gasteiger partial charge in [0.15, 0.2) is 5.65 Å². The molecule has 6 heteroatoms. The fourth-order valence-electron chi connectivity index (χ4n) is 1.17. The fourth-order valence-corrected chi connectivity index (χ4v) is 1.49. The molecule has 2 heterocycles. The van der Waals surface area contributed by atoms with Crippen molar-refractivity contribution < 1.29 is 9.90 Å². The molecule has 0 aliphatic heterocycles. The molecule has 0 aliphatic carbocycles. The van der Waals surface area contributed by atoms with Crippen molar-refractivity contribution in [1.82, 2.24) is 14.4 Å². The second-order valence-corrected chi connectivity index (χ2v) is 3.59. The van der Waals surface area contributed by atoms with Crippen LogP contribution >= 0.6 is 15.9 Å². The molecule has 0 fully saturated rings. The molecule has 0 spiro atoms. The minimum Gasteiger partial charge on any atom is -0.481 e. The lowest BCUT2D eigenvalue weighted by Gasteiger charge is -1.90. The van der Waals surface area contributed by atoms with Crippen LogP contribution in [0, 0.1) is 0 Å². The Morgan fingerprint density at radius 1 is 1.57 bits per heavy atom. The minimum atomic E-state index is -0.888. The lowest BCUT2D eigenvalue weighted by Crippen LogP contribution is -1.99. The number of rotatable bonds is 2. The highest BCUT2D eigenvalue weighted by molar-refractivity contribution is 9.10. The molecule has 0 atom stereocenters. The van der Waals surface area contributed by atoms with Crippen molar-refractivity contribution in [2.24, 2.45) is 0 Å². The van der Waals surface area contributed by atoms with Crippen LogP contribution in [0.2, 0.25) is 0 Å². The van der Waals surface area contributed by atoms with Crippen LogP contribution in [0.4, 0.5) is 0 Å². The van der Waals surface area contributed by atoms with Gasteiger partial charge in [0, 0.05) is 12.4 Å². The SMILES string of the molecule is O=C(O)Cc1cn2cc(Br)ncc2n1. The average molecular weight is 256 g/mol. The summed E-state index contributed by atoms with van der Waals surface area (Å²) < 4.78 is 2.42. The Hall–Kier alpha value is -1.43. The zero-order valence-corrected chi connectivity index (χ0v) is 8.60. The monoisotopic (exact) mass is 255 g/mol. The van der Waals surface area contributed by atoms with Crippen molar-refractivity contribution >= 4 is 27.5 Å². The molecule has 0 unspecified atom stereocenters. The largest absolute Gasteiger partial charge is 0.481 e. The van der Waals surface area contributed by atoms with E-state index in [1.54, 1.807) is 23.0 Å². The van der Waals surface area contributed by atoms with Crippen LogP contribution in [0.5, 0.6) is 0 Å². The molecular weight excluding hydrogens is 250 g/mol. The van der Waals surface area contributed by atoms with Crippen molar-refractivity contribution in [3.8, 4) is 0 Å². The van der Waals surface area contributed by atoms with Gasteiger partial charge in [-0.15, -0.1) is 0 Å². The third kappa shape index (κ3) is 1.74. The number of aliphatic carboxylic acids is 1. The van der Waals surface area contributed by atoms with E-state index in [2.05, 4.69) is 25.9 Å². The highest BCUT2D eigenvalue weighted by Gasteiger charge is 2.05. The highest BCUT2D eigenvalue weighted by atomic mass is 79.9. The molecule has 2 aromatic heterocycles. The van der Waals surface area contributed by atoms with Crippen LogP contribution in [-0.2, 0) is 11.2 Å². The fraction of sp³-hybridized carbons (Fsp3) is 0.125. The first-order valence-corrected chi connectivity index (χ1v) is 4.65. The van der Waals surface area contributed by atoms with Crippen molar-refractivity contribution in [2.75, 3.05) is 0 Å². The molecule has 0 aliphatic rings. The first-order valence-electron chi connectivity index (χ1n) is 3.86. The van der Waals surface area contributed by atoms with E-state index in [1.165, 1.54) is 0 Å². The van der Waals surface area contributed by atoms with Crippen molar-refractivity contribution in [3.63, 3.8) is 0 Å². The van der Waals surface area contributed by atoms with Gasteiger partial charge in [-0.2, -0.15) is 0 Å². The zero-order chi connectivity index (χ0) is 10.1. The summed E-state index contributed by atoms with van der Waals surface area (Å²) in [7, 11) is 0. The Labute approximate surface area is 87.5 Å². The molecular formula is C8H6BrN3O2. The van der Waals surface area contributed by atoms with E-state index in [4.69, 9.17) is 5.11 Å². The smallest absolute Gasteiger partial charge is 0.309 e. The van der Waals surface area contributed by atoms with E-state index in [0.29, 0.717) is 15.9 Å². The summed E-state index contributed by atoms with van der Waals surface area (Å²) in [6.07, 6.45) is 4.91. The maximum Gasteiger partial charge on any atom is 0.309 e. The van der Waals surface area contributed by atoms with Crippen molar-refractivity contribution in [3.05, 3.63) is 28.9 Å². The first kappa shape index (κ1) is 9.14. The van der Waals surface area contributed by atoms with Crippen molar-refractivity contribution in [1.29, 1.82) is 0 Å². The lowest BCUT2D eigenvalue weighted by atomic mass is 10.3. The Morgan fingerprint density at radius 3 is 3.07 bits per heavy atom. The lowest BCUT2D eigenvalue weighted by molar-refractivity contribution is -0.136. The van der Waals surface area contributed by atoms with Crippen LogP contribution in [-0.4, -0.2) is 25.4 Å². The summed E-state index contributed by atoms with van der Waals surface area (Å²) in [5.41, 5.74) is 1.17. The maximum atomic E-state index is 10.4. The van der Waals surface area contributed by atoms with Gasteiger partial charge in [0.2, 0.25) is 0 Å². The van der Waals surface area contributed by atoms with Crippen LogP contribution in [0.3, 0.4) is 0 Å². The van der Waals surface area contributed by atoms with Crippen LogP contribution < -0.4 is 0 Å². The van der Waals surface area contributed by atoms with Gasteiger partial charge < -0.3 is 9.51 Å². The molecule has 0 aromatic carbocycles. The summed E-state index contributed by atoms with van der Waals surface area (Å²) in [4.78, 5) is 18.5. The molecule has 0 saturated heterocycles. The molecule has 0 bridgehead atoms. The third-order valence-electron chi connectivity index (χ3n) is 1.69. The molecule has 0 saturated carbocycles. The van der Waals surface area contributed by atoms with Gasteiger partial charge in [-0.1, -0.05) is 0 Å². The molecule has 14 heavy (non-hydrogen) atoms. The number of carbonyl (C=O) groups is 1. The minimum absolute atomic E-state index is 0.0701. The number of imidazole rings is 1. The Morgan fingerprint density at radius 2 is 2.36 bits per heavy atom. The van der Waals surface area contributed by atoms with E-state index in [9.17, 15) is 4.79 Å². The van der Waals surface area contributed by atoms with Crippen molar-refractivity contribution in [2.45, 2.75) is 6.42 Å². The first-order chi connectivity index (χ1) is 6.65. The maximum absolute atomic E-state index is 10.4. The van der Waals surface area contributed by atoms with Gasteiger partial charge in [0.05, 0.1) is 18.3 Å². The van der Waals surface area contributed by atoms with Gasteiger partial charge in [-0.25, -0.2) is 9.97 Å². The second kappa shape index (κ2) is 3.38. The predicted octanol–water partition coefficient (Wildman–Crippen LogP) is 1.12. The van der Waals surface area contributed by atoms with E-state index < -0.39 is 5.97 Å². The zero-order valence-electron chi connectivity index (χ0n) is 7.01. The molecule has 0 radical (unpaired) electrons. The number of aromatic nitrogens is 3. The van der Waals surface area contributed by atoms with E-state index >= 15 is 0 Å². The molecule has 1 N–H and O–H groups in total. The van der Waals surface area contributed by atoms with Gasteiger partial charge in [0.1, 0.15) is 4.60 Å². The summed E-state index contributed by atoms with van der Waals surface area (Å²) in [6.45, 7) is 0. The molecule has 5 nitrogen and oxygen atoms in total. The van der Waals surface area contributed by atoms with Gasteiger partial charge >= 0.3 is 5.97 Å². The standard InChI is InChI=1S/C8H6BrN3O2/c9-6-4-12-3-5(1-8(13)14)11-7(12)2-10-6/h2-4H,1H2,(H,13,14). The van der Waals surface area contributed by atoms with Gasteiger partial charge in [0.25, 0.3) is 0 Å². The Bertz CT molecular complexity index is 494. The quantitative estimate of drug-likeness (QED) is 0.874. The normalized spacial score (nSPS) is 10.6. The summed E-state index contributed by atoms with van der Waals surface area (Å²) >= 11 is 3.22. The summed E-state index contributed by atoms with van der Waals surface area (Å²) in [5.74, 6) is -0.888. The molecule has 2 aromatic rings. The van der Waals surface area contributed by atoms with Gasteiger partial charge in [-0.05, 0) is 15.9 Å². The Kier molecular flexibility index (Phi) is 2.20. The topological polar surface area (TPSA) is 67.5 Å². The summed E-state index contributed by atoms with van der Waals surface area (Å²) in [6, 6.07) is 0. The number of carboxylic acid groups (broad SMARTS) is 1. The predicted molar refractivity (Wildman–Crippen MR) is 52.0 cm³/mol. The van der Waals surface area contributed by atoms with Crippen LogP contribution in [0.1, 0.15) is 5.69 Å². The number of nitrogens with zero attached hydrogens (tertiary/aromatic N) is 3. The number of fused-ring (bicyclic) bond motifs is 1. The molecule has 2 rings (SSSR count).